The lowest BCUT2D eigenvalue weighted by Gasteiger charge is -2.54. The summed E-state index contributed by atoms with van der Waals surface area (Å²) in [7, 11) is 0. The normalized spacial score (nSPS) is 19.0. The van der Waals surface area contributed by atoms with E-state index in [0.29, 0.717) is 37.1 Å². The zero-order valence-electron chi connectivity index (χ0n) is 23.2. The first-order chi connectivity index (χ1) is 19.0. The monoisotopic (exact) mass is 549 g/mol. The minimum absolute atomic E-state index is 0.142. The summed E-state index contributed by atoms with van der Waals surface area (Å²) in [5, 5.41) is 18.0. The lowest BCUT2D eigenvalue weighted by Crippen LogP contribution is -2.61. The molecule has 1 spiro atoms. The molecule has 2 N–H and O–H groups in total. The zero-order chi connectivity index (χ0) is 28.1. The molecule has 3 aliphatic rings. The highest BCUT2D eigenvalue weighted by Crippen LogP contribution is 2.43. The number of alkyl halides is 1. The van der Waals surface area contributed by atoms with E-state index in [1.165, 1.54) is 0 Å². The number of hydrogen-bond acceptors (Lipinski definition) is 9. The van der Waals surface area contributed by atoms with E-state index in [1.807, 2.05) is 34.2 Å². The molecule has 0 saturated carbocycles. The number of halogens is 1. The molecule has 0 aliphatic carbocycles. The summed E-state index contributed by atoms with van der Waals surface area (Å²) < 4.78 is 15.1. The van der Waals surface area contributed by atoms with Gasteiger partial charge in [0.25, 0.3) is 0 Å². The SMILES string of the molecule is CC(=O)N1CCC2(CC1)CN(c1cc(Nc3cc(N4CC(F)C4)ccn3)nc(-c3cnn(CC(C)(C)O)c3)n1)C2. The van der Waals surface area contributed by atoms with Crippen molar-refractivity contribution in [2.75, 3.05) is 54.4 Å². The molecule has 0 unspecified atom stereocenters. The second-order valence-corrected chi connectivity index (χ2v) is 12.1. The minimum atomic E-state index is -0.905. The van der Waals surface area contributed by atoms with Gasteiger partial charge in [-0.15, -0.1) is 0 Å². The van der Waals surface area contributed by atoms with Gasteiger partial charge in [0.1, 0.15) is 23.6 Å². The van der Waals surface area contributed by atoms with Crippen molar-refractivity contribution in [3.8, 4) is 11.4 Å². The number of likely N-dealkylation sites (tertiary alicyclic amines) is 1. The van der Waals surface area contributed by atoms with E-state index < -0.39 is 11.8 Å². The molecular weight excluding hydrogens is 513 g/mol. The Morgan fingerprint density at radius 2 is 1.90 bits per heavy atom. The van der Waals surface area contributed by atoms with E-state index in [9.17, 15) is 14.3 Å². The van der Waals surface area contributed by atoms with Crippen LogP contribution in [0.5, 0.6) is 0 Å². The van der Waals surface area contributed by atoms with Gasteiger partial charge in [-0.1, -0.05) is 0 Å². The van der Waals surface area contributed by atoms with Gasteiger partial charge in [-0.25, -0.2) is 19.3 Å². The molecule has 6 rings (SSSR count). The Bertz CT molecular complexity index is 1380. The molecule has 6 heterocycles. The molecule has 12 heteroatoms. The first kappa shape index (κ1) is 26.4. The minimum Gasteiger partial charge on any atom is -0.389 e. The Labute approximate surface area is 233 Å². The van der Waals surface area contributed by atoms with Crippen LogP contribution in [0.1, 0.15) is 33.6 Å². The van der Waals surface area contributed by atoms with Gasteiger partial charge in [0.2, 0.25) is 5.91 Å². The smallest absolute Gasteiger partial charge is 0.219 e. The third kappa shape index (κ3) is 5.58. The van der Waals surface area contributed by atoms with Gasteiger partial charge in [-0.05, 0) is 32.8 Å². The van der Waals surface area contributed by atoms with Crippen molar-refractivity contribution < 1.29 is 14.3 Å². The van der Waals surface area contributed by atoms with Crippen LogP contribution in [0.25, 0.3) is 11.4 Å². The average molecular weight is 550 g/mol. The molecule has 3 aliphatic heterocycles. The third-order valence-corrected chi connectivity index (χ3v) is 8.00. The average Bonchev–Trinajstić information content (AvgIpc) is 3.32. The molecule has 40 heavy (non-hydrogen) atoms. The van der Waals surface area contributed by atoms with E-state index in [-0.39, 0.29) is 11.3 Å². The number of rotatable bonds is 7. The standard InChI is InChI=1S/C28H36FN9O2/c1-19(39)35-8-5-28(6-9-35)17-37(18-28)25-11-24(32-23-10-22(4-7-30-23)36-14-21(29)15-36)33-26(34-25)20-12-31-38(13-20)16-27(2,3)40/h4,7,10-13,21,40H,5-6,8-9,14-18H2,1-3H3,(H,30,32,33,34). The van der Waals surface area contributed by atoms with Crippen LogP contribution in [-0.2, 0) is 11.3 Å². The summed E-state index contributed by atoms with van der Waals surface area (Å²) in [5.74, 6) is 2.68. The molecule has 212 valence electrons. The van der Waals surface area contributed by atoms with Gasteiger partial charge in [0.05, 0.1) is 37.0 Å². The van der Waals surface area contributed by atoms with Crippen molar-refractivity contribution in [2.24, 2.45) is 5.41 Å². The molecule has 3 saturated heterocycles. The maximum Gasteiger partial charge on any atom is 0.219 e. The van der Waals surface area contributed by atoms with Crippen LogP contribution in [0.2, 0.25) is 0 Å². The molecule has 0 radical (unpaired) electrons. The number of nitrogens with one attached hydrogen (secondary N) is 1. The summed E-state index contributed by atoms with van der Waals surface area (Å²) in [6.07, 6.45) is 6.44. The maximum absolute atomic E-state index is 13.4. The van der Waals surface area contributed by atoms with E-state index >= 15 is 0 Å². The number of carbonyl (C=O) groups excluding carboxylic acids is 1. The molecule has 0 bridgehead atoms. The van der Waals surface area contributed by atoms with Crippen LogP contribution >= 0.6 is 0 Å². The molecule has 1 amide bonds. The second-order valence-electron chi connectivity index (χ2n) is 12.1. The van der Waals surface area contributed by atoms with E-state index in [4.69, 9.17) is 9.97 Å². The summed E-state index contributed by atoms with van der Waals surface area (Å²) in [4.78, 5) is 32.1. The van der Waals surface area contributed by atoms with Crippen LogP contribution in [0.15, 0.2) is 36.8 Å². The Balaban J connectivity index is 1.25. The first-order valence-corrected chi connectivity index (χ1v) is 13.8. The van der Waals surface area contributed by atoms with E-state index in [0.717, 1.165) is 56.1 Å². The van der Waals surface area contributed by atoms with Crippen molar-refractivity contribution in [1.82, 2.24) is 29.6 Å². The number of piperidine rings is 1. The van der Waals surface area contributed by atoms with Gasteiger partial charge in [-0.3, -0.25) is 9.48 Å². The van der Waals surface area contributed by atoms with E-state index in [1.54, 1.807) is 37.8 Å². The van der Waals surface area contributed by atoms with Gasteiger partial charge in [-0.2, -0.15) is 5.10 Å². The summed E-state index contributed by atoms with van der Waals surface area (Å²) in [6.45, 7) is 9.59. The molecule has 3 aromatic heterocycles. The lowest BCUT2D eigenvalue weighted by molar-refractivity contribution is -0.131. The third-order valence-electron chi connectivity index (χ3n) is 8.00. The van der Waals surface area contributed by atoms with Gasteiger partial charge < -0.3 is 25.1 Å². The maximum atomic E-state index is 13.4. The van der Waals surface area contributed by atoms with Crippen LogP contribution in [0.4, 0.5) is 27.5 Å². The number of pyridine rings is 1. The molecule has 11 nitrogen and oxygen atoms in total. The highest BCUT2D eigenvalue weighted by Gasteiger charge is 2.46. The molecular formula is C28H36FN9O2. The topological polar surface area (TPSA) is 116 Å². The van der Waals surface area contributed by atoms with Crippen molar-refractivity contribution in [2.45, 2.75) is 51.9 Å². The largest absolute Gasteiger partial charge is 0.389 e. The highest BCUT2D eigenvalue weighted by molar-refractivity contribution is 5.73. The number of nitrogens with zero attached hydrogens (tertiary/aromatic N) is 8. The summed E-state index contributed by atoms with van der Waals surface area (Å²) in [6, 6.07) is 5.70. The quantitative estimate of drug-likeness (QED) is 0.459. The Hall–Kier alpha value is -3.80. The molecule has 0 aromatic carbocycles. The van der Waals surface area contributed by atoms with Crippen molar-refractivity contribution in [1.29, 1.82) is 0 Å². The van der Waals surface area contributed by atoms with Crippen LogP contribution in [0.3, 0.4) is 0 Å². The fourth-order valence-electron chi connectivity index (χ4n) is 5.74. The number of amides is 1. The van der Waals surface area contributed by atoms with Gasteiger partial charge in [0, 0.05) is 68.7 Å². The second kappa shape index (κ2) is 9.99. The fourth-order valence-corrected chi connectivity index (χ4v) is 5.74. The predicted molar refractivity (Wildman–Crippen MR) is 150 cm³/mol. The summed E-state index contributed by atoms with van der Waals surface area (Å²) >= 11 is 0. The lowest BCUT2D eigenvalue weighted by atomic mass is 9.72. The summed E-state index contributed by atoms with van der Waals surface area (Å²) in [5.41, 5.74) is 0.951. The number of hydrogen-bond donors (Lipinski definition) is 2. The van der Waals surface area contributed by atoms with Crippen molar-refractivity contribution in [3.63, 3.8) is 0 Å². The predicted octanol–water partition coefficient (Wildman–Crippen LogP) is 2.86. The molecule has 0 atom stereocenters. The Morgan fingerprint density at radius 1 is 1.15 bits per heavy atom. The van der Waals surface area contributed by atoms with Crippen molar-refractivity contribution >= 4 is 29.0 Å². The fraction of sp³-hybridized carbons (Fsp3) is 0.536. The highest BCUT2D eigenvalue weighted by atomic mass is 19.1. The number of anilines is 4. The van der Waals surface area contributed by atoms with Gasteiger partial charge in [0.15, 0.2) is 5.82 Å². The zero-order valence-corrected chi connectivity index (χ0v) is 23.2. The van der Waals surface area contributed by atoms with Crippen molar-refractivity contribution in [3.05, 3.63) is 36.8 Å². The van der Waals surface area contributed by atoms with Crippen LogP contribution in [-0.4, -0.2) is 91.7 Å². The molecule has 3 aromatic rings. The van der Waals surface area contributed by atoms with Crippen LogP contribution < -0.4 is 15.1 Å². The first-order valence-electron chi connectivity index (χ1n) is 13.8. The molecule has 3 fully saturated rings. The number of carbonyl (C=O) groups is 1. The number of aromatic nitrogens is 5. The Kier molecular flexibility index (Phi) is 6.60. The van der Waals surface area contributed by atoms with Gasteiger partial charge >= 0.3 is 0 Å². The Morgan fingerprint density at radius 3 is 2.58 bits per heavy atom. The number of aliphatic hydroxyl groups is 1. The van der Waals surface area contributed by atoms with E-state index in [2.05, 4.69) is 20.3 Å². The van der Waals surface area contributed by atoms with Crippen LogP contribution in [0, 0.1) is 5.41 Å².